The Kier molecular flexibility index (Phi) is 3.97. The largest absolute Gasteiger partial charge is 0.495 e. The van der Waals surface area contributed by atoms with Gasteiger partial charge in [0, 0.05) is 19.6 Å². The average Bonchev–Trinajstić information content (AvgIpc) is 2.40. The molecule has 4 nitrogen and oxygen atoms in total. The molecule has 4 heteroatoms. The zero-order chi connectivity index (χ0) is 12.1. The van der Waals surface area contributed by atoms with Gasteiger partial charge in [0.2, 0.25) is 0 Å². The fourth-order valence-electron chi connectivity index (χ4n) is 1.96. The smallest absolute Gasteiger partial charge is 0.136 e. The van der Waals surface area contributed by atoms with E-state index in [0.717, 1.165) is 38.4 Å². The van der Waals surface area contributed by atoms with Gasteiger partial charge in [0.05, 0.1) is 25.9 Å². The lowest BCUT2D eigenvalue weighted by molar-refractivity contribution is 0.0342. The lowest BCUT2D eigenvalue weighted by Crippen LogP contribution is -2.35. The van der Waals surface area contributed by atoms with Crippen LogP contribution >= 0.6 is 0 Å². The number of nitriles is 1. The Balaban J connectivity index is 2.08. The molecule has 0 atom stereocenters. The van der Waals surface area contributed by atoms with Crippen LogP contribution in [0.3, 0.4) is 0 Å². The predicted octanol–water partition coefficient (Wildman–Crippen LogP) is 1.40. The monoisotopic (exact) mass is 232 g/mol. The van der Waals surface area contributed by atoms with Gasteiger partial charge >= 0.3 is 0 Å². The molecule has 1 aromatic carbocycles. The van der Waals surface area contributed by atoms with Crippen molar-refractivity contribution in [1.82, 2.24) is 4.90 Å². The molecule has 0 aliphatic carbocycles. The molecule has 1 saturated heterocycles. The van der Waals surface area contributed by atoms with E-state index < -0.39 is 0 Å². The van der Waals surface area contributed by atoms with Crippen molar-refractivity contribution >= 4 is 0 Å². The number of methoxy groups -OCH3 is 1. The molecule has 0 bridgehead atoms. The fraction of sp³-hybridized carbons (Fsp3) is 0.462. The number of hydrogen-bond donors (Lipinski definition) is 0. The van der Waals surface area contributed by atoms with Crippen LogP contribution in [-0.4, -0.2) is 38.3 Å². The summed E-state index contributed by atoms with van der Waals surface area (Å²) in [4.78, 5) is 2.33. The van der Waals surface area contributed by atoms with Crippen molar-refractivity contribution in [2.45, 2.75) is 6.54 Å². The molecule has 1 heterocycles. The molecule has 0 saturated carbocycles. The summed E-state index contributed by atoms with van der Waals surface area (Å²) in [6.07, 6.45) is 0. The third-order valence-electron chi connectivity index (χ3n) is 2.89. The summed E-state index contributed by atoms with van der Waals surface area (Å²) < 4.78 is 10.4. The predicted molar refractivity (Wildman–Crippen MR) is 63.8 cm³/mol. The SMILES string of the molecule is COc1ccc(CN2CCOCC2)cc1C#N. The van der Waals surface area contributed by atoms with E-state index in [9.17, 15) is 0 Å². The molecule has 17 heavy (non-hydrogen) atoms. The number of nitrogens with zero attached hydrogens (tertiary/aromatic N) is 2. The summed E-state index contributed by atoms with van der Waals surface area (Å²) in [5.41, 5.74) is 1.74. The molecule has 0 N–H and O–H groups in total. The van der Waals surface area contributed by atoms with Crippen molar-refractivity contribution in [1.29, 1.82) is 5.26 Å². The molecular weight excluding hydrogens is 216 g/mol. The molecule has 0 aromatic heterocycles. The Hall–Kier alpha value is -1.57. The second-order valence-electron chi connectivity index (χ2n) is 4.03. The summed E-state index contributed by atoms with van der Waals surface area (Å²) in [5.74, 6) is 0.637. The van der Waals surface area contributed by atoms with E-state index in [2.05, 4.69) is 11.0 Å². The van der Waals surface area contributed by atoms with Gasteiger partial charge in [0.1, 0.15) is 11.8 Å². The van der Waals surface area contributed by atoms with Gasteiger partial charge in [-0.1, -0.05) is 6.07 Å². The van der Waals surface area contributed by atoms with Gasteiger partial charge in [0.25, 0.3) is 0 Å². The van der Waals surface area contributed by atoms with Gasteiger partial charge in [0.15, 0.2) is 0 Å². The number of ether oxygens (including phenoxy) is 2. The third kappa shape index (κ3) is 2.96. The topological polar surface area (TPSA) is 45.5 Å². The minimum absolute atomic E-state index is 0.596. The van der Waals surface area contributed by atoms with E-state index in [-0.39, 0.29) is 0 Å². The molecule has 1 fully saturated rings. The first-order chi connectivity index (χ1) is 8.33. The quantitative estimate of drug-likeness (QED) is 0.790. The summed E-state index contributed by atoms with van der Waals surface area (Å²) in [6, 6.07) is 7.92. The first-order valence-corrected chi connectivity index (χ1v) is 5.70. The Labute approximate surface area is 101 Å². The van der Waals surface area contributed by atoms with Crippen LogP contribution in [0, 0.1) is 11.3 Å². The number of hydrogen-bond acceptors (Lipinski definition) is 4. The normalized spacial score (nSPS) is 16.5. The number of benzene rings is 1. The van der Waals surface area contributed by atoms with E-state index in [0.29, 0.717) is 11.3 Å². The van der Waals surface area contributed by atoms with Crippen LogP contribution in [0.15, 0.2) is 18.2 Å². The van der Waals surface area contributed by atoms with Crippen molar-refractivity contribution in [3.8, 4) is 11.8 Å². The Morgan fingerprint density at radius 2 is 2.18 bits per heavy atom. The maximum atomic E-state index is 9.02. The van der Waals surface area contributed by atoms with E-state index >= 15 is 0 Å². The first-order valence-electron chi connectivity index (χ1n) is 5.70. The highest BCUT2D eigenvalue weighted by Gasteiger charge is 2.11. The van der Waals surface area contributed by atoms with Crippen LogP contribution in [0.1, 0.15) is 11.1 Å². The zero-order valence-electron chi connectivity index (χ0n) is 9.98. The average molecular weight is 232 g/mol. The lowest BCUT2D eigenvalue weighted by Gasteiger charge is -2.26. The Bertz CT molecular complexity index is 420. The van der Waals surface area contributed by atoms with Crippen LogP contribution in [0.25, 0.3) is 0 Å². The van der Waals surface area contributed by atoms with E-state index in [4.69, 9.17) is 14.7 Å². The van der Waals surface area contributed by atoms with Crippen LogP contribution in [-0.2, 0) is 11.3 Å². The van der Waals surface area contributed by atoms with Gasteiger partial charge in [-0.15, -0.1) is 0 Å². The Morgan fingerprint density at radius 1 is 1.41 bits per heavy atom. The van der Waals surface area contributed by atoms with E-state index in [1.165, 1.54) is 0 Å². The van der Waals surface area contributed by atoms with Gasteiger partial charge in [-0.2, -0.15) is 5.26 Å². The van der Waals surface area contributed by atoms with Crippen molar-refractivity contribution in [3.05, 3.63) is 29.3 Å². The van der Waals surface area contributed by atoms with E-state index in [1.807, 2.05) is 18.2 Å². The van der Waals surface area contributed by atoms with Crippen LogP contribution in [0.5, 0.6) is 5.75 Å². The molecule has 0 radical (unpaired) electrons. The van der Waals surface area contributed by atoms with Crippen molar-refractivity contribution in [3.63, 3.8) is 0 Å². The van der Waals surface area contributed by atoms with Crippen molar-refractivity contribution in [2.24, 2.45) is 0 Å². The second kappa shape index (κ2) is 5.67. The Morgan fingerprint density at radius 3 is 2.82 bits per heavy atom. The molecule has 1 aliphatic heterocycles. The standard InChI is InChI=1S/C13H16N2O2/c1-16-13-3-2-11(8-12(13)9-14)10-15-4-6-17-7-5-15/h2-3,8H,4-7,10H2,1H3. The number of morpholine rings is 1. The molecule has 0 unspecified atom stereocenters. The molecule has 0 amide bonds. The van der Waals surface area contributed by atoms with Gasteiger partial charge in [-0.05, 0) is 17.7 Å². The van der Waals surface area contributed by atoms with Crippen LogP contribution < -0.4 is 4.74 Å². The lowest BCUT2D eigenvalue weighted by atomic mass is 10.1. The molecule has 1 aliphatic rings. The van der Waals surface area contributed by atoms with Crippen LogP contribution in [0.2, 0.25) is 0 Å². The van der Waals surface area contributed by atoms with Gasteiger partial charge in [-0.3, -0.25) is 4.90 Å². The molecule has 0 spiro atoms. The summed E-state index contributed by atoms with van der Waals surface area (Å²) in [6.45, 7) is 4.35. The maximum absolute atomic E-state index is 9.02. The van der Waals surface area contributed by atoms with Crippen LogP contribution in [0.4, 0.5) is 0 Å². The molecule has 2 rings (SSSR count). The molecule has 90 valence electrons. The van der Waals surface area contributed by atoms with Gasteiger partial charge < -0.3 is 9.47 Å². The highest BCUT2D eigenvalue weighted by molar-refractivity contribution is 5.45. The van der Waals surface area contributed by atoms with Crippen molar-refractivity contribution in [2.75, 3.05) is 33.4 Å². The zero-order valence-corrected chi connectivity index (χ0v) is 9.98. The minimum atomic E-state index is 0.596. The minimum Gasteiger partial charge on any atom is -0.495 e. The molecule has 1 aromatic rings. The highest BCUT2D eigenvalue weighted by Crippen LogP contribution is 2.19. The summed E-state index contributed by atoms with van der Waals surface area (Å²) in [5, 5.41) is 9.02. The summed E-state index contributed by atoms with van der Waals surface area (Å²) in [7, 11) is 1.58. The fourth-order valence-corrected chi connectivity index (χ4v) is 1.96. The first kappa shape index (κ1) is 11.9. The van der Waals surface area contributed by atoms with Crippen molar-refractivity contribution < 1.29 is 9.47 Å². The number of rotatable bonds is 3. The van der Waals surface area contributed by atoms with Gasteiger partial charge in [-0.25, -0.2) is 0 Å². The second-order valence-corrected chi connectivity index (χ2v) is 4.03. The van der Waals surface area contributed by atoms with E-state index in [1.54, 1.807) is 7.11 Å². The maximum Gasteiger partial charge on any atom is 0.136 e. The molecular formula is C13H16N2O2. The third-order valence-corrected chi connectivity index (χ3v) is 2.89. The summed E-state index contributed by atoms with van der Waals surface area (Å²) >= 11 is 0. The highest BCUT2D eigenvalue weighted by atomic mass is 16.5.